The average molecular weight is 360 g/mol. The number of hydrogen-bond donors (Lipinski definition) is 0. The first-order valence-corrected chi connectivity index (χ1v) is 9.89. The van der Waals surface area contributed by atoms with Crippen molar-refractivity contribution in [3.05, 3.63) is 35.4 Å². The van der Waals surface area contributed by atoms with E-state index in [2.05, 4.69) is 0 Å². The summed E-state index contributed by atoms with van der Waals surface area (Å²) in [5.74, 6) is 2.11. The van der Waals surface area contributed by atoms with Crippen LogP contribution in [0.15, 0.2) is 18.2 Å². The van der Waals surface area contributed by atoms with Crippen LogP contribution < -0.4 is 0 Å². The molecule has 1 aliphatic heterocycles. The Hall–Kier alpha value is -1.49. The number of carbonyl (C=O) groups is 1. The predicted molar refractivity (Wildman–Crippen MR) is 93.7 cm³/mol. The molecule has 0 aromatic heterocycles. The third-order valence-electron chi connectivity index (χ3n) is 7.42. The van der Waals surface area contributed by atoms with Gasteiger partial charge in [0.25, 0.3) is 5.91 Å². The van der Waals surface area contributed by atoms with Crippen molar-refractivity contribution >= 4 is 5.91 Å². The van der Waals surface area contributed by atoms with Crippen LogP contribution in [0.5, 0.6) is 0 Å². The van der Waals surface area contributed by atoms with Crippen molar-refractivity contribution in [3.63, 3.8) is 0 Å². The molecule has 6 rings (SSSR count). The Kier molecular flexibility index (Phi) is 3.53. The third kappa shape index (κ3) is 2.29. The molecule has 5 heteroatoms. The summed E-state index contributed by atoms with van der Waals surface area (Å²) in [6.45, 7) is 4.02. The van der Waals surface area contributed by atoms with E-state index in [1.807, 2.05) is 23.9 Å². The van der Waals surface area contributed by atoms with Crippen molar-refractivity contribution in [2.75, 3.05) is 0 Å². The van der Waals surface area contributed by atoms with E-state index in [0.717, 1.165) is 17.9 Å². The fourth-order valence-corrected chi connectivity index (χ4v) is 6.42. The van der Waals surface area contributed by atoms with Gasteiger partial charge in [0.1, 0.15) is 17.2 Å². The van der Waals surface area contributed by atoms with Gasteiger partial charge in [0, 0.05) is 12.1 Å². The van der Waals surface area contributed by atoms with E-state index in [4.69, 9.17) is 0 Å². The van der Waals surface area contributed by atoms with Crippen molar-refractivity contribution in [3.8, 4) is 0 Å². The van der Waals surface area contributed by atoms with Crippen molar-refractivity contribution in [2.45, 2.75) is 64.1 Å². The summed E-state index contributed by atoms with van der Waals surface area (Å²) in [6.07, 6.45) is 6.28. The molecule has 0 spiro atoms. The van der Waals surface area contributed by atoms with Crippen molar-refractivity contribution in [1.29, 1.82) is 0 Å². The average Bonchev–Trinajstić information content (AvgIpc) is 2.58. The van der Waals surface area contributed by atoms with Crippen LogP contribution in [-0.2, 0) is 11.3 Å². The van der Waals surface area contributed by atoms with Gasteiger partial charge in [-0.25, -0.2) is 8.78 Å². The highest BCUT2D eigenvalue weighted by Gasteiger charge is 2.60. The van der Waals surface area contributed by atoms with E-state index < -0.39 is 17.2 Å². The summed E-state index contributed by atoms with van der Waals surface area (Å²) >= 11 is 0. The first-order chi connectivity index (χ1) is 12.3. The molecule has 0 N–H and O–H groups in total. The Morgan fingerprint density at radius 1 is 1.04 bits per heavy atom. The molecular weight excluding hydrogens is 334 g/mol. The number of nitrogens with zero attached hydrogens (tertiary/aromatic N) is 2. The van der Waals surface area contributed by atoms with Crippen LogP contribution in [0.4, 0.5) is 8.78 Å². The summed E-state index contributed by atoms with van der Waals surface area (Å²) < 4.78 is 27.8. The fourth-order valence-electron chi connectivity index (χ4n) is 6.42. The molecule has 0 unspecified atom stereocenters. The highest BCUT2D eigenvalue weighted by molar-refractivity contribution is 5.90. The molecule has 0 radical (unpaired) electrons. The molecule has 1 aromatic rings. The highest BCUT2D eigenvalue weighted by atomic mass is 19.1. The monoisotopic (exact) mass is 360 g/mol. The number of halogens is 2. The fraction of sp³-hybridized carbons (Fsp3) is 0.667. The van der Waals surface area contributed by atoms with Gasteiger partial charge in [-0.15, -0.1) is 0 Å². The second-order valence-electron chi connectivity index (χ2n) is 9.42. The first kappa shape index (κ1) is 16.7. The zero-order valence-corrected chi connectivity index (χ0v) is 15.4. The topological polar surface area (TPSA) is 23.6 Å². The standard InChI is InChI=1S/C21H26F2N2O/c1-21(2)20(26)25(24(21)11-16-10-17(22)3-4-18(16)23)19-14-6-12-5-13(8-14)9-15(19)7-12/h3-4,10,12-15,19H,5-9,11H2,1-2H3. The normalized spacial score (nSPS) is 37.9. The molecule has 4 bridgehead atoms. The Bertz CT molecular complexity index is 734. The van der Waals surface area contributed by atoms with E-state index in [-0.39, 0.29) is 18.5 Å². The molecule has 1 aromatic carbocycles. The van der Waals surface area contributed by atoms with Crippen LogP contribution in [0, 0.1) is 35.3 Å². The Morgan fingerprint density at radius 3 is 2.27 bits per heavy atom. The lowest BCUT2D eigenvalue weighted by Crippen LogP contribution is -2.79. The SMILES string of the molecule is CC1(C)C(=O)N(C2C3CC4CC(C3)CC2C4)N1Cc1cc(F)ccc1F. The number of carbonyl (C=O) groups excluding carboxylic acids is 1. The molecule has 1 amide bonds. The van der Waals surface area contributed by atoms with Crippen molar-refractivity contribution < 1.29 is 13.6 Å². The molecule has 4 saturated carbocycles. The zero-order chi connectivity index (χ0) is 18.2. The molecule has 5 aliphatic rings. The first-order valence-electron chi connectivity index (χ1n) is 9.89. The summed E-state index contributed by atoms with van der Waals surface area (Å²) in [5.41, 5.74) is -0.340. The van der Waals surface area contributed by atoms with Crippen LogP contribution in [-0.4, -0.2) is 27.5 Å². The Balaban J connectivity index is 1.44. The lowest BCUT2D eigenvalue weighted by molar-refractivity contribution is -0.251. The maximum absolute atomic E-state index is 14.2. The smallest absolute Gasteiger partial charge is 0.258 e. The number of hydrazine groups is 1. The number of rotatable bonds is 3. The van der Waals surface area contributed by atoms with Crippen LogP contribution in [0.3, 0.4) is 0 Å². The minimum Gasteiger partial charge on any atom is -0.271 e. The number of amides is 1. The Morgan fingerprint density at radius 2 is 1.65 bits per heavy atom. The summed E-state index contributed by atoms with van der Waals surface area (Å²) in [7, 11) is 0. The molecule has 5 fully saturated rings. The lowest BCUT2D eigenvalue weighted by Gasteiger charge is -2.65. The van der Waals surface area contributed by atoms with Gasteiger partial charge in [0.2, 0.25) is 0 Å². The minimum absolute atomic E-state index is 0.131. The maximum Gasteiger partial charge on any atom is 0.258 e. The van der Waals surface area contributed by atoms with E-state index >= 15 is 0 Å². The molecule has 4 aliphatic carbocycles. The van der Waals surface area contributed by atoms with Gasteiger partial charge in [-0.05, 0) is 87.8 Å². The third-order valence-corrected chi connectivity index (χ3v) is 7.42. The molecule has 140 valence electrons. The van der Waals surface area contributed by atoms with Crippen molar-refractivity contribution in [2.24, 2.45) is 23.7 Å². The molecule has 0 atom stereocenters. The van der Waals surface area contributed by atoms with E-state index in [1.54, 1.807) is 0 Å². The van der Waals surface area contributed by atoms with Crippen LogP contribution >= 0.6 is 0 Å². The molecular formula is C21H26F2N2O. The molecule has 26 heavy (non-hydrogen) atoms. The summed E-state index contributed by atoms with van der Waals surface area (Å²) in [5, 5.41) is 3.91. The van der Waals surface area contributed by atoms with Gasteiger partial charge >= 0.3 is 0 Å². The minimum atomic E-state index is -0.659. The highest BCUT2D eigenvalue weighted by Crippen LogP contribution is 2.57. The zero-order valence-electron chi connectivity index (χ0n) is 15.4. The Labute approximate surface area is 153 Å². The van der Waals surface area contributed by atoms with Gasteiger partial charge in [0.05, 0.1) is 6.04 Å². The van der Waals surface area contributed by atoms with Crippen LogP contribution in [0.1, 0.15) is 51.5 Å². The molecule has 1 heterocycles. The van der Waals surface area contributed by atoms with Gasteiger partial charge in [-0.1, -0.05) is 0 Å². The largest absolute Gasteiger partial charge is 0.271 e. The lowest BCUT2D eigenvalue weighted by atomic mass is 9.53. The van der Waals surface area contributed by atoms with Gasteiger partial charge in [-0.2, -0.15) is 5.01 Å². The van der Waals surface area contributed by atoms with Gasteiger partial charge in [0.15, 0.2) is 0 Å². The quantitative estimate of drug-likeness (QED) is 0.809. The van der Waals surface area contributed by atoms with Gasteiger partial charge in [-0.3, -0.25) is 9.80 Å². The van der Waals surface area contributed by atoms with Crippen LogP contribution in [0.25, 0.3) is 0 Å². The molecule has 3 nitrogen and oxygen atoms in total. The summed E-state index contributed by atoms with van der Waals surface area (Å²) in [6, 6.07) is 3.82. The predicted octanol–water partition coefficient (Wildman–Crippen LogP) is 4.13. The van der Waals surface area contributed by atoms with Crippen LogP contribution in [0.2, 0.25) is 0 Å². The van der Waals surface area contributed by atoms with E-state index in [0.29, 0.717) is 17.4 Å². The second kappa shape index (κ2) is 5.51. The maximum atomic E-state index is 14.2. The van der Waals surface area contributed by atoms with Crippen molar-refractivity contribution in [1.82, 2.24) is 10.0 Å². The molecule has 1 saturated heterocycles. The second-order valence-corrected chi connectivity index (χ2v) is 9.42. The van der Waals surface area contributed by atoms with Gasteiger partial charge < -0.3 is 0 Å². The van der Waals surface area contributed by atoms with E-state index in [1.165, 1.54) is 44.2 Å². The number of benzene rings is 1. The van der Waals surface area contributed by atoms with E-state index in [9.17, 15) is 13.6 Å². The number of hydrogen-bond acceptors (Lipinski definition) is 2. The summed E-state index contributed by atoms with van der Waals surface area (Å²) in [4.78, 5) is 13.0.